The highest BCUT2D eigenvalue weighted by atomic mass is 16.5. The third-order valence-corrected chi connectivity index (χ3v) is 3.23. The van der Waals surface area contributed by atoms with E-state index < -0.39 is 0 Å². The van der Waals surface area contributed by atoms with Crippen molar-refractivity contribution in [2.75, 3.05) is 19.7 Å². The van der Waals surface area contributed by atoms with Gasteiger partial charge in [0.15, 0.2) is 0 Å². The molecule has 1 amide bonds. The van der Waals surface area contributed by atoms with E-state index in [0.29, 0.717) is 18.4 Å². The lowest BCUT2D eigenvalue weighted by Crippen LogP contribution is -2.34. The van der Waals surface area contributed by atoms with Crippen LogP contribution in [0.25, 0.3) is 0 Å². The predicted molar refractivity (Wildman–Crippen MR) is 52.7 cm³/mol. The SMILES string of the molecule is CC1OCCC1CN1CC(N)CC1=O. The van der Waals surface area contributed by atoms with E-state index in [4.69, 9.17) is 10.5 Å². The van der Waals surface area contributed by atoms with Crippen molar-refractivity contribution in [3.63, 3.8) is 0 Å². The average molecular weight is 198 g/mol. The van der Waals surface area contributed by atoms with E-state index in [0.717, 1.165) is 26.1 Å². The molecule has 2 aliphatic heterocycles. The van der Waals surface area contributed by atoms with Gasteiger partial charge in [-0.3, -0.25) is 4.79 Å². The van der Waals surface area contributed by atoms with Crippen LogP contribution in [0.3, 0.4) is 0 Å². The standard InChI is InChI=1S/C10H18N2O2/c1-7-8(2-3-14-7)5-12-6-9(11)4-10(12)13/h7-9H,2-6,11H2,1H3. The maximum atomic E-state index is 11.5. The minimum absolute atomic E-state index is 0.0418. The molecule has 0 bridgehead atoms. The van der Waals surface area contributed by atoms with Gasteiger partial charge in [-0.15, -0.1) is 0 Å². The van der Waals surface area contributed by atoms with Gasteiger partial charge in [0, 0.05) is 38.1 Å². The second-order valence-corrected chi connectivity index (χ2v) is 4.39. The van der Waals surface area contributed by atoms with Crippen LogP contribution >= 0.6 is 0 Å². The van der Waals surface area contributed by atoms with E-state index >= 15 is 0 Å². The number of nitrogens with two attached hydrogens (primary N) is 1. The van der Waals surface area contributed by atoms with Crippen molar-refractivity contribution in [1.82, 2.24) is 4.90 Å². The molecule has 80 valence electrons. The quantitative estimate of drug-likeness (QED) is 0.678. The summed E-state index contributed by atoms with van der Waals surface area (Å²) in [5.74, 6) is 0.709. The van der Waals surface area contributed by atoms with E-state index in [-0.39, 0.29) is 11.9 Å². The van der Waals surface area contributed by atoms with Gasteiger partial charge in [-0.05, 0) is 13.3 Å². The summed E-state index contributed by atoms with van der Waals surface area (Å²) in [4.78, 5) is 13.4. The van der Waals surface area contributed by atoms with Crippen molar-refractivity contribution >= 4 is 5.91 Å². The molecule has 2 saturated heterocycles. The molecule has 0 aromatic rings. The Balaban J connectivity index is 1.88. The molecule has 3 unspecified atom stereocenters. The van der Waals surface area contributed by atoms with Gasteiger partial charge in [0.25, 0.3) is 0 Å². The lowest BCUT2D eigenvalue weighted by molar-refractivity contribution is -0.128. The maximum Gasteiger partial charge on any atom is 0.224 e. The Kier molecular flexibility index (Phi) is 2.74. The molecule has 2 fully saturated rings. The molecule has 0 aliphatic carbocycles. The summed E-state index contributed by atoms with van der Waals surface area (Å²) in [6.45, 7) is 4.47. The summed E-state index contributed by atoms with van der Waals surface area (Å²) in [7, 11) is 0. The number of carbonyl (C=O) groups is 1. The molecule has 2 N–H and O–H groups in total. The molecule has 0 saturated carbocycles. The monoisotopic (exact) mass is 198 g/mol. The first-order valence-corrected chi connectivity index (χ1v) is 5.32. The predicted octanol–water partition coefficient (Wildman–Crippen LogP) is -0.0290. The molecule has 2 rings (SSSR count). The highest BCUT2D eigenvalue weighted by Gasteiger charge is 2.32. The number of nitrogens with zero attached hydrogens (tertiary/aromatic N) is 1. The summed E-state index contributed by atoms with van der Waals surface area (Å²) >= 11 is 0. The Morgan fingerprint density at radius 1 is 1.64 bits per heavy atom. The van der Waals surface area contributed by atoms with E-state index in [1.807, 2.05) is 4.90 Å². The number of carbonyl (C=O) groups excluding carboxylic acids is 1. The Labute approximate surface area is 84.4 Å². The van der Waals surface area contributed by atoms with E-state index in [2.05, 4.69) is 6.92 Å². The highest BCUT2D eigenvalue weighted by Crippen LogP contribution is 2.23. The fourth-order valence-corrected chi connectivity index (χ4v) is 2.28. The molecule has 3 atom stereocenters. The molecule has 0 radical (unpaired) electrons. The zero-order valence-corrected chi connectivity index (χ0v) is 8.61. The van der Waals surface area contributed by atoms with Crippen molar-refractivity contribution in [2.45, 2.75) is 31.9 Å². The second-order valence-electron chi connectivity index (χ2n) is 4.39. The van der Waals surface area contributed by atoms with Gasteiger partial charge >= 0.3 is 0 Å². The van der Waals surface area contributed by atoms with Crippen LogP contribution in [0.4, 0.5) is 0 Å². The number of hydrogen-bond acceptors (Lipinski definition) is 3. The van der Waals surface area contributed by atoms with Gasteiger partial charge in [0.1, 0.15) is 0 Å². The van der Waals surface area contributed by atoms with Crippen LogP contribution in [0.5, 0.6) is 0 Å². The Bertz CT molecular complexity index is 232. The van der Waals surface area contributed by atoms with Crippen molar-refractivity contribution < 1.29 is 9.53 Å². The van der Waals surface area contributed by atoms with Gasteiger partial charge in [0.2, 0.25) is 5.91 Å². The first-order chi connectivity index (χ1) is 6.66. The third kappa shape index (κ3) is 1.91. The maximum absolute atomic E-state index is 11.5. The molecule has 0 aromatic heterocycles. The Hall–Kier alpha value is -0.610. The van der Waals surface area contributed by atoms with Crippen molar-refractivity contribution in [2.24, 2.45) is 11.7 Å². The Morgan fingerprint density at radius 2 is 2.43 bits per heavy atom. The summed E-state index contributed by atoms with van der Waals surface area (Å²) in [5, 5.41) is 0. The summed E-state index contributed by atoms with van der Waals surface area (Å²) in [6, 6.07) is 0.0418. The number of likely N-dealkylation sites (tertiary alicyclic amines) is 1. The molecule has 2 heterocycles. The number of hydrogen-bond donors (Lipinski definition) is 1. The minimum Gasteiger partial charge on any atom is -0.378 e. The molecule has 0 aromatic carbocycles. The third-order valence-electron chi connectivity index (χ3n) is 3.23. The fourth-order valence-electron chi connectivity index (χ4n) is 2.28. The molecule has 4 nitrogen and oxygen atoms in total. The van der Waals surface area contributed by atoms with Crippen molar-refractivity contribution in [3.05, 3.63) is 0 Å². The topological polar surface area (TPSA) is 55.6 Å². The van der Waals surface area contributed by atoms with Crippen LogP contribution in [0, 0.1) is 5.92 Å². The minimum atomic E-state index is 0.0418. The van der Waals surface area contributed by atoms with Crippen LogP contribution in [-0.4, -0.2) is 42.6 Å². The van der Waals surface area contributed by atoms with E-state index in [1.165, 1.54) is 0 Å². The lowest BCUT2D eigenvalue weighted by atomic mass is 10.0. The van der Waals surface area contributed by atoms with Crippen LogP contribution in [-0.2, 0) is 9.53 Å². The number of ether oxygens (including phenoxy) is 1. The summed E-state index contributed by atoms with van der Waals surface area (Å²) in [6.07, 6.45) is 1.88. The highest BCUT2D eigenvalue weighted by molar-refractivity contribution is 5.79. The summed E-state index contributed by atoms with van der Waals surface area (Å²) in [5.41, 5.74) is 5.73. The molecule has 2 aliphatic rings. The first-order valence-electron chi connectivity index (χ1n) is 5.32. The van der Waals surface area contributed by atoms with Crippen molar-refractivity contribution in [1.29, 1.82) is 0 Å². The van der Waals surface area contributed by atoms with E-state index in [9.17, 15) is 4.79 Å². The molecular weight excluding hydrogens is 180 g/mol. The fraction of sp³-hybridized carbons (Fsp3) is 0.900. The second kappa shape index (κ2) is 3.87. The molecule has 14 heavy (non-hydrogen) atoms. The summed E-state index contributed by atoms with van der Waals surface area (Å²) < 4.78 is 5.47. The van der Waals surface area contributed by atoms with Gasteiger partial charge in [-0.1, -0.05) is 0 Å². The Morgan fingerprint density at radius 3 is 2.93 bits per heavy atom. The first kappa shape index (κ1) is 9.93. The van der Waals surface area contributed by atoms with E-state index in [1.54, 1.807) is 0 Å². The molecule has 4 heteroatoms. The largest absolute Gasteiger partial charge is 0.378 e. The molecular formula is C10H18N2O2. The zero-order chi connectivity index (χ0) is 10.1. The smallest absolute Gasteiger partial charge is 0.224 e. The molecule has 0 spiro atoms. The van der Waals surface area contributed by atoms with Gasteiger partial charge < -0.3 is 15.4 Å². The van der Waals surface area contributed by atoms with Crippen LogP contribution in [0.15, 0.2) is 0 Å². The van der Waals surface area contributed by atoms with Crippen LogP contribution in [0.1, 0.15) is 19.8 Å². The van der Waals surface area contributed by atoms with Gasteiger partial charge in [-0.25, -0.2) is 0 Å². The lowest BCUT2D eigenvalue weighted by Gasteiger charge is -2.22. The average Bonchev–Trinajstić information content (AvgIpc) is 2.62. The number of rotatable bonds is 2. The van der Waals surface area contributed by atoms with Crippen molar-refractivity contribution in [3.8, 4) is 0 Å². The van der Waals surface area contributed by atoms with Gasteiger partial charge in [-0.2, -0.15) is 0 Å². The normalized spacial score (nSPS) is 38.3. The van der Waals surface area contributed by atoms with Crippen LogP contribution in [0.2, 0.25) is 0 Å². The van der Waals surface area contributed by atoms with Gasteiger partial charge in [0.05, 0.1) is 6.10 Å². The number of amides is 1. The zero-order valence-electron chi connectivity index (χ0n) is 8.61. The van der Waals surface area contributed by atoms with Crippen LogP contribution < -0.4 is 5.73 Å².